The van der Waals surface area contributed by atoms with Crippen LogP contribution in [-0.4, -0.2) is 25.0 Å². The first kappa shape index (κ1) is 23.7. The molecular weight excluding hydrogens is 448 g/mol. The number of halogens is 1. The van der Waals surface area contributed by atoms with E-state index < -0.39 is 11.8 Å². The van der Waals surface area contributed by atoms with E-state index >= 15 is 0 Å². The van der Waals surface area contributed by atoms with Crippen molar-refractivity contribution >= 4 is 27.7 Å². The van der Waals surface area contributed by atoms with Crippen LogP contribution in [0.4, 0.5) is 0 Å². The molecule has 7 heteroatoms. The Morgan fingerprint density at radius 1 is 0.933 bits per heavy atom. The van der Waals surface area contributed by atoms with Gasteiger partial charge < -0.3 is 9.47 Å². The maximum Gasteiger partial charge on any atom is 0.276 e. The Morgan fingerprint density at radius 3 is 2.33 bits per heavy atom. The van der Waals surface area contributed by atoms with E-state index in [1.54, 1.807) is 18.2 Å². The molecule has 162 valence electrons. The second-order valence-corrected chi connectivity index (χ2v) is 8.02. The summed E-state index contributed by atoms with van der Waals surface area (Å²) in [5.41, 5.74) is 7.25. The number of unbranched alkanes of at least 4 members (excludes halogenated alkanes) is 3. The van der Waals surface area contributed by atoms with E-state index in [4.69, 9.17) is 9.47 Å². The lowest BCUT2D eigenvalue weighted by Crippen LogP contribution is -2.43. The molecule has 0 radical (unpaired) electrons. The van der Waals surface area contributed by atoms with E-state index in [0.29, 0.717) is 28.1 Å². The molecule has 30 heavy (non-hydrogen) atoms. The molecule has 6 nitrogen and oxygen atoms in total. The predicted octanol–water partition coefficient (Wildman–Crippen LogP) is 4.87. The first-order valence-corrected chi connectivity index (χ1v) is 10.9. The number of ether oxygens (including phenoxy) is 2. The highest BCUT2D eigenvalue weighted by molar-refractivity contribution is 9.10. The molecule has 0 heterocycles. The van der Waals surface area contributed by atoms with Gasteiger partial charge in [-0.1, -0.05) is 32.3 Å². The molecule has 2 N–H and O–H groups in total. The van der Waals surface area contributed by atoms with Gasteiger partial charge in [0.15, 0.2) is 6.61 Å². The zero-order chi connectivity index (χ0) is 21.9. The average molecular weight is 477 g/mol. The molecule has 0 bridgehead atoms. The van der Waals surface area contributed by atoms with Crippen molar-refractivity contribution in [2.75, 3.05) is 13.2 Å². The van der Waals surface area contributed by atoms with E-state index in [0.717, 1.165) is 24.0 Å². The zero-order valence-corrected chi connectivity index (χ0v) is 19.3. The lowest BCUT2D eigenvalue weighted by Gasteiger charge is -2.11. The molecule has 2 aromatic rings. The number of hydrogen-bond donors (Lipinski definition) is 2. The lowest BCUT2D eigenvalue weighted by molar-refractivity contribution is -0.123. The van der Waals surface area contributed by atoms with Gasteiger partial charge in [-0.25, -0.2) is 0 Å². The standard InChI is InChI=1S/C23H29BrN2O4/c1-4-5-6-7-10-29-21-9-8-18(14-20(21)24)23(28)26-25-22(27)15-30-19-12-16(2)11-17(3)13-19/h8-9,11-14H,4-7,10,15H2,1-3H3,(H,25,27)(H,26,28). The van der Waals surface area contributed by atoms with Crippen LogP contribution >= 0.6 is 15.9 Å². The van der Waals surface area contributed by atoms with Gasteiger partial charge in [-0.05, 0) is 77.7 Å². The Bertz CT molecular complexity index is 850. The second-order valence-electron chi connectivity index (χ2n) is 7.17. The van der Waals surface area contributed by atoms with Crippen LogP contribution < -0.4 is 20.3 Å². The van der Waals surface area contributed by atoms with Gasteiger partial charge in [-0.15, -0.1) is 0 Å². The van der Waals surface area contributed by atoms with Crippen LogP contribution in [0.15, 0.2) is 40.9 Å². The minimum atomic E-state index is -0.450. The molecule has 0 spiro atoms. The van der Waals surface area contributed by atoms with Crippen LogP contribution in [0.1, 0.15) is 54.1 Å². The molecule has 2 rings (SSSR count). The molecular formula is C23H29BrN2O4. The topological polar surface area (TPSA) is 76.7 Å². The van der Waals surface area contributed by atoms with Crippen LogP contribution in [0.3, 0.4) is 0 Å². The Labute approximate surface area is 186 Å². The van der Waals surface area contributed by atoms with E-state index in [1.807, 2.05) is 32.0 Å². The van der Waals surface area contributed by atoms with Crippen molar-refractivity contribution in [3.05, 3.63) is 57.6 Å². The van der Waals surface area contributed by atoms with Gasteiger partial charge in [-0.3, -0.25) is 20.4 Å². The van der Waals surface area contributed by atoms with Crippen LogP contribution in [0, 0.1) is 13.8 Å². The van der Waals surface area contributed by atoms with Crippen molar-refractivity contribution in [2.45, 2.75) is 46.5 Å². The minimum Gasteiger partial charge on any atom is -0.492 e. The number of benzene rings is 2. The number of hydrazine groups is 1. The highest BCUT2D eigenvalue weighted by atomic mass is 79.9. The van der Waals surface area contributed by atoms with Gasteiger partial charge in [0.2, 0.25) is 0 Å². The molecule has 0 fully saturated rings. The lowest BCUT2D eigenvalue weighted by atomic mass is 10.1. The smallest absolute Gasteiger partial charge is 0.276 e. The fourth-order valence-electron chi connectivity index (χ4n) is 2.87. The Morgan fingerprint density at radius 2 is 1.67 bits per heavy atom. The minimum absolute atomic E-state index is 0.197. The van der Waals surface area contributed by atoms with Crippen LogP contribution in [0.2, 0.25) is 0 Å². The molecule has 0 saturated carbocycles. The molecule has 0 atom stereocenters. The largest absolute Gasteiger partial charge is 0.492 e. The predicted molar refractivity (Wildman–Crippen MR) is 121 cm³/mol. The van der Waals surface area contributed by atoms with E-state index in [1.165, 1.54) is 12.8 Å². The number of amides is 2. The van der Waals surface area contributed by atoms with Crippen molar-refractivity contribution in [2.24, 2.45) is 0 Å². The second kappa shape index (κ2) is 12.2. The fraction of sp³-hybridized carbons (Fsp3) is 0.391. The van der Waals surface area contributed by atoms with Gasteiger partial charge >= 0.3 is 0 Å². The molecule has 0 aromatic heterocycles. The van der Waals surface area contributed by atoms with Crippen molar-refractivity contribution < 1.29 is 19.1 Å². The third-order valence-corrected chi connectivity index (χ3v) is 4.95. The molecule has 0 unspecified atom stereocenters. The Kier molecular flexibility index (Phi) is 9.67. The summed E-state index contributed by atoms with van der Waals surface area (Å²) in [7, 11) is 0. The molecule has 2 amide bonds. The summed E-state index contributed by atoms with van der Waals surface area (Å²) >= 11 is 3.43. The quantitative estimate of drug-likeness (QED) is 0.378. The average Bonchev–Trinajstić information content (AvgIpc) is 2.70. The third-order valence-electron chi connectivity index (χ3n) is 4.33. The SMILES string of the molecule is CCCCCCOc1ccc(C(=O)NNC(=O)COc2cc(C)cc(C)c2)cc1Br. The monoisotopic (exact) mass is 476 g/mol. The number of hydrogen-bond acceptors (Lipinski definition) is 4. The number of aryl methyl sites for hydroxylation is 2. The van der Waals surface area contributed by atoms with Crippen molar-refractivity contribution in [1.29, 1.82) is 0 Å². The van der Waals surface area contributed by atoms with Gasteiger partial charge in [0.1, 0.15) is 11.5 Å². The Balaban J connectivity index is 1.78. The maximum absolute atomic E-state index is 12.3. The van der Waals surface area contributed by atoms with Crippen molar-refractivity contribution in [1.82, 2.24) is 10.9 Å². The highest BCUT2D eigenvalue weighted by Crippen LogP contribution is 2.26. The van der Waals surface area contributed by atoms with Crippen molar-refractivity contribution in [3.8, 4) is 11.5 Å². The molecule has 2 aromatic carbocycles. The number of nitrogens with one attached hydrogen (secondary N) is 2. The molecule has 0 saturated heterocycles. The summed E-state index contributed by atoms with van der Waals surface area (Å²) in [6.07, 6.45) is 4.52. The molecule has 0 aliphatic carbocycles. The van der Waals surface area contributed by atoms with Gasteiger partial charge in [-0.2, -0.15) is 0 Å². The first-order chi connectivity index (χ1) is 14.4. The maximum atomic E-state index is 12.3. The van der Waals surface area contributed by atoms with Gasteiger partial charge in [0, 0.05) is 5.56 Å². The number of rotatable bonds is 10. The van der Waals surface area contributed by atoms with E-state index in [9.17, 15) is 9.59 Å². The third kappa shape index (κ3) is 8.06. The number of carbonyl (C=O) groups is 2. The van der Waals surface area contributed by atoms with Crippen LogP contribution in [0.5, 0.6) is 11.5 Å². The summed E-state index contributed by atoms with van der Waals surface area (Å²) in [6, 6.07) is 10.8. The van der Waals surface area contributed by atoms with E-state index in [-0.39, 0.29) is 6.61 Å². The van der Waals surface area contributed by atoms with E-state index in [2.05, 4.69) is 33.7 Å². The Hall–Kier alpha value is -2.54. The summed E-state index contributed by atoms with van der Waals surface area (Å²) in [5, 5.41) is 0. The summed E-state index contributed by atoms with van der Waals surface area (Å²) in [6.45, 7) is 6.53. The highest BCUT2D eigenvalue weighted by Gasteiger charge is 2.11. The van der Waals surface area contributed by atoms with Gasteiger partial charge in [0.05, 0.1) is 11.1 Å². The van der Waals surface area contributed by atoms with Crippen LogP contribution in [0.25, 0.3) is 0 Å². The summed E-state index contributed by atoms with van der Waals surface area (Å²) in [4.78, 5) is 24.2. The zero-order valence-electron chi connectivity index (χ0n) is 17.7. The fourth-order valence-corrected chi connectivity index (χ4v) is 3.36. The summed E-state index contributed by atoms with van der Waals surface area (Å²) in [5.74, 6) is 0.427. The molecule has 0 aliphatic rings. The molecule has 0 aliphatic heterocycles. The normalized spacial score (nSPS) is 10.4. The van der Waals surface area contributed by atoms with Crippen LogP contribution in [-0.2, 0) is 4.79 Å². The number of carbonyl (C=O) groups excluding carboxylic acids is 2. The van der Waals surface area contributed by atoms with Gasteiger partial charge in [0.25, 0.3) is 11.8 Å². The van der Waals surface area contributed by atoms with Crippen molar-refractivity contribution in [3.63, 3.8) is 0 Å². The summed E-state index contributed by atoms with van der Waals surface area (Å²) < 4.78 is 11.9. The first-order valence-electron chi connectivity index (χ1n) is 10.1.